The van der Waals surface area contributed by atoms with Crippen molar-refractivity contribution in [3.8, 4) is 0 Å². The Labute approximate surface area is 162 Å². The maximum atomic E-state index is 11.8. The van der Waals surface area contributed by atoms with Gasteiger partial charge >= 0.3 is 5.97 Å². The Morgan fingerprint density at radius 3 is 2.37 bits per heavy atom. The van der Waals surface area contributed by atoms with Crippen molar-refractivity contribution in [2.75, 3.05) is 13.2 Å². The van der Waals surface area contributed by atoms with Gasteiger partial charge in [0.25, 0.3) is 5.91 Å². The van der Waals surface area contributed by atoms with Gasteiger partial charge in [-0.05, 0) is 35.7 Å². The van der Waals surface area contributed by atoms with Crippen LogP contribution in [0.2, 0.25) is 5.02 Å². The molecule has 0 saturated carbocycles. The van der Waals surface area contributed by atoms with Gasteiger partial charge in [0, 0.05) is 11.6 Å². The SMILES string of the molecule is NS(=O)(=O)c1ccc(CCNC(=O)COC(=O)Cc2ccccc2Cl)cc1. The number of rotatable bonds is 8. The molecule has 0 spiro atoms. The van der Waals surface area contributed by atoms with Crippen molar-refractivity contribution < 1.29 is 22.7 Å². The van der Waals surface area contributed by atoms with E-state index in [0.29, 0.717) is 23.6 Å². The highest BCUT2D eigenvalue weighted by Gasteiger charge is 2.11. The molecule has 144 valence electrons. The highest BCUT2D eigenvalue weighted by molar-refractivity contribution is 7.89. The number of carbonyl (C=O) groups is 2. The first kappa shape index (κ1) is 20.9. The van der Waals surface area contributed by atoms with E-state index < -0.39 is 21.9 Å². The second-order valence-corrected chi connectivity index (χ2v) is 7.69. The summed E-state index contributed by atoms with van der Waals surface area (Å²) in [6.45, 7) is -0.0662. The van der Waals surface area contributed by atoms with E-state index in [1.807, 2.05) is 0 Å². The molecule has 0 radical (unpaired) electrons. The van der Waals surface area contributed by atoms with Gasteiger partial charge in [0.05, 0.1) is 11.3 Å². The summed E-state index contributed by atoms with van der Waals surface area (Å²) in [4.78, 5) is 23.5. The van der Waals surface area contributed by atoms with Crippen molar-refractivity contribution in [3.63, 3.8) is 0 Å². The second-order valence-electron chi connectivity index (χ2n) is 5.72. The van der Waals surface area contributed by atoms with Crippen LogP contribution in [-0.4, -0.2) is 33.4 Å². The number of sulfonamides is 1. The molecule has 0 fully saturated rings. The Balaban J connectivity index is 1.70. The minimum Gasteiger partial charge on any atom is -0.455 e. The molecule has 0 heterocycles. The van der Waals surface area contributed by atoms with Gasteiger partial charge in [-0.2, -0.15) is 0 Å². The molecule has 0 atom stereocenters. The summed E-state index contributed by atoms with van der Waals surface area (Å²) in [7, 11) is -3.72. The molecule has 2 rings (SSSR count). The average Bonchev–Trinajstić information content (AvgIpc) is 2.62. The summed E-state index contributed by atoms with van der Waals surface area (Å²) in [5.74, 6) is -0.972. The molecule has 0 saturated heterocycles. The molecular formula is C18H19ClN2O5S. The molecule has 2 aromatic rings. The fourth-order valence-electron chi connectivity index (χ4n) is 2.24. The van der Waals surface area contributed by atoms with E-state index in [-0.39, 0.29) is 17.9 Å². The zero-order chi connectivity index (χ0) is 19.9. The molecule has 0 aliphatic heterocycles. The number of hydrogen-bond donors (Lipinski definition) is 2. The highest BCUT2D eigenvalue weighted by atomic mass is 35.5. The van der Waals surface area contributed by atoms with Crippen LogP contribution in [0.3, 0.4) is 0 Å². The minimum atomic E-state index is -3.72. The predicted molar refractivity (Wildman–Crippen MR) is 101 cm³/mol. The lowest BCUT2D eigenvalue weighted by Crippen LogP contribution is -2.30. The fourth-order valence-corrected chi connectivity index (χ4v) is 2.96. The summed E-state index contributed by atoms with van der Waals surface area (Å²) in [6.07, 6.45) is 0.480. The third-order valence-electron chi connectivity index (χ3n) is 3.64. The van der Waals surface area contributed by atoms with Gasteiger partial charge in [0.2, 0.25) is 10.0 Å². The Morgan fingerprint density at radius 1 is 1.07 bits per heavy atom. The topological polar surface area (TPSA) is 116 Å². The largest absolute Gasteiger partial charge is 0.455 e. The Kier molecular flexibility index (Phi) is 7.35. The summed E-state index contributed by atoms with van der Waals surface area (Å²) >= 11 is 5.97. The molecule has 1 amide bonds. The van der Waals surface area contributed by atoms with E-state index in [4.69, 9.17) is 21.5 Å². The molecule has 0 bridgehead atoms. The zero-order valence-electron chi connectivity index (χ0n) is 14.4. The van der Waals surface area contributed by atoms with Crippen molar-refractivity contribution in [1.29, 1.82) is 0 Å². The number of benzene rings is 2. The highest BCUT2D eigenvalue weighted by Crippen LogP contribution is 2.15. The number of hydrogen-bond acceptors (Lipinski definition) is 5. The summed E-state index contributed by atoms with van der Waals surface area (Å²) in [5, 5.41) is 8.11. The number of nitrogens with one attached hydrogen (secondary N) is 1. The van der Waals surface area contributed by atoms with Crippen molar-refractivity contribution in [2.24, 2.45) is 5.14 Å². The standard InChI is InChI=1S/C18H19ClN2O5S/c19-16-4-2-1-3-14(16)11-18(23)26-12-17(22)21-10-9-13-5-7-15(8-6-13)27(20,24)25/h1-8H,9-12H2,(H,21,22)(H2,20,24,25). The van der Waals surface area contributed by atoms with Gasteiger partial charge < -0.3 is 10.1 Å². The third kappa shape index (κ3) is 7.01. The molecule has 0 unspecified atom stereocenters. The normalized spacial score (nSPS) is 11.0. The first-order valence-corrected chi connectivity index (χ1v) is 9.95. The summed E-state index contributed by atoms with van der Waals surface area (Å²) in [6, 6.07) is 13.0. The van der Waals surface area contributed by atoms with E-state index in [2.05, 4.69) is 5.32 Å². The molecular weight excluding hydrogens is 392 g/mol. The molecule has 7 nitrogen and oxygen atoms in total. The number of esters is 1. The molecule has 3 N–H and O–H groups in total. The van der Waals surface area contributed by atoms with Gasteiger partial charge in [-0.25, -0.2) is 13.6 Å². The first-order valence-electron chi connectivity index (χ1n) is 8.03. The van der Waals surface area contributed by atoms with E-state index in [9.17, 15) is 18.0 Å². The molecule has 0 aliphatic carbocycles. The second kappa shape index (κ2) is 9.50. The van der Waals surface area contributed by atoms with Crippen LogP contribution < -0.4 is 10.5 Å². The van der Waals surface area contributed by atoms with Crippen LogP contribution in [0.5, 0.6) is 0 Å². The van der Waals surface area contributed by atoms with Gasteiger partial charge in [-0.1, -0.05) is 41.9 Å². The monoisotopic (exact) mass is 410 g/mol. The van der Waals surface area contributed by atoms with Gasteiger partial charge in [0.15, 0.2) is 6.61 Å². The number of halogens is 1. The Morgan fingerprint density at radius 2 is 1.74 bits per heavy atom. The molecule has 27 heavy (non-hydrogen) atoms. The number of carbonyl (C=O) groups excluding carboxylic acids is 2. The van der Waals surface area contributed by atoms with E-state index >= 15 is 0 Å². The van der Waals surface area contributed by atoms with E-state index in [0.717, 1.165) is 5.56 Å². The smallest absolute Gasteiger partial charge is 0.310 e. The zero-order valence-corrected chi connectivity index (χ0v) is 15.9. The van der Waals surface area contributed by atoms with Crippen LogP contribution in [0.25, 0.3) is 0 Å². The number of nitrogens with two attached hydrogens (primary N) is 1. The van der Waals surface area contributed by atoms with Crippen molar-refractivity contribution in [3.05, 3.63) is 64.7 Å². The first-order chi connectivity index (χ1) is 12.8. The third-order valence-corrected chi connectivity index (χ3v) is 4.94. The van der Waals surface area contributed by atoms with Crippen LogP contribution in [0.1, 0.15) is 11.1 Å². The quantitative estimate of drug-likeness (QED) is 0.639. The summed E-state index contributed by atoms with van der Waals surface area (Å²) < 4.78 is 27.3. The van der Waals surface area contributed by atoms with E-state index in [1.54, 1.807) is 36.4 Å². The van der Waals surface area contributed by atoms with Crippen molar-refractivity contribution in [2.45, 2.75) is 17.7 Å². The molecule has 2 aromatic carbocycles. The Hall–Kier alpha value is -2.42. The van der Waals surface area contributed by atoms with Crippen molar-refractivity contribution in [1.82, 2.24) is 5.32 Å². The molecule has 0 aliphatic rings. The lowest BCUT2D eigenvalue weighted by Gasteiger charge is -2.08. The molecule has 0 aromatic heterocycles. The van der Waals surface area contributed by atoms with Crippen LogP contribution >= 0.6 is 11.6 Å². The van der Waals surface area contributed by atoms with Gasteiger partial charge in [0.1, 0.15) is 0 Å². The average molecular weight is 411 g/mol. The maximum absolute atomic E-state index is 11.8. The van der Waals surface area contributed by atoms with Crippen LogP contribution in [0, 0.1) is 0 Å². The van der Waals surface area contributed by atoms with Crippen LogP contribution in [0.15, 0.2) is 53.4 Å². The number of primary sulfonamides is 1. The fraction of sp³-hybridized carbons (Fsp3) is 0.222. The predicted octanol–water partition coefficient (Wildman–Crippen LogP) is 1.43. The van der Waals surface area contributed by atoms with Gasteiger partial charge in [-0.15, -0.1) is 0 Å². The van der Waals surface area contributed by atoms with Gasteiger partial charge in [-0.3, -0.25) is 9.59 Å². The summed E-state index contributed by atoms with van der Waals surface area (Å²) in [5.41, 5.74) is 1.46. The van der Waals surface area contributed by atoms with Crippen LogP contribution in [0.4, 0.5) is 0 Å². The number of amides is 1. The van der Waals surface area contributed by atoms with Crippen molar-refractivity contribution >= 4 is 33.5 Å². The molecule has 9 heteroatoms. The minimum absolute atomic E-state index is 0.0106. The van der Waals surface area contributed by atoms with E-state index in [1.165, 1.54) is 12.1 Å². The lowest BCUT2D eigenvalue weighted by atomic mass is 10.1. The van der Waals surface area contributed by atoms with Crippen LogP contribution in [-0.2, 0) is 37.2 Å². The lowest BCUT2D eigenvalue weighted by molar-refractivity contribution is -0.147. The number of ether oxygens (including phenoxy) is 1. The maximum Gasteiger partial charge on any atom is 0.310 e. The Bertz CT molecular complexity index is 914.